The molecular weight excluding hydrogens is 196 g/mol. The summed E-state index contributed by atoms with van der Waals surface area (Å²) >= 11 is 1.56. The van der Waals surface area contributed by atoms with Gasteiger partial charge in [0.25, 0.3) is 0 Å². The maximum Gasteiger partial charge on any atom is 0.332 e. The van der Waals surface area contributed by atoms with E-state index in [1.807, 2.05) is 10.6 Å². The first-order chi connectivity index (χ1) is 6.72. The maximum atomic E-state index is 8.90. The number of aliphatic hydroxyl groups excluding tert-OH is 1. The van der Waals surface area contributed by atoms with Crippen molar-refractivity contribution in [2.75, 3.05) is 12.3 Å². The Kier molecular flexibility index (Phi) is 2.39. The van der Waals surface area contributed by atoms with Crippen molar-refractivity contribution in [2.45, 2.75) is 13.5 Å². The van der Waals surface area contributed by atoms with E-state index in [1.54, 1.807) is 11.3 Å². The quantitative estimate of drug-likeness (QED) is 0.727. The summed E-state index contributed by atoms with van der Waals surface area (Å²) in [5.74, 6) is 0. The van der Waals surface area contributed by atoms with Gasteiger partial charge in [0, 0.05) is 0 Å². The van der Waals surface area contributed by atoms with Crippen LogP contribution in [0.4, 0.5) is 5.13 Å². The van der Waals surface area contributed by atoms with Crippen molar-refractivity contribution in [3.63, 3.8) is 0 Å². The number of hydrogen-bond acceptors (Lipinski definition) is 3. The first-order valence-corrected chi connectivity index (χ1v) is 5.33. The Labute approximate surface area is 86.4 Å². The van der Waals surface area contributed by atoms with E-state index in [0.29, 0.717) is 6.54 Å². The molecule has 0 unspecified atom stereocenters. The second-order valence-corrected chi connectivity index (χ2v) is 4.35. The molecule has 0 spiro atoms. The Bertz CT molecular complexity index is 464. The smallest absolute Gasteiger partial charge is 0.332 e. The van der Waals surface area contributed by atoms with Gasteiger partial charge in [-0.3, -0.25) is 5.73 Å². The van der Waals surface area contributed by atoms with Gasteiger partial charge in [-0.1, -0.05) is 6.07 Å². The number of aliphatic hydroxyl groups is 1. The number of rotatable bonds is 2. The van der Waals surface area contributed by atoms with E-state index >= 15 is 0 Å². The normalized spacial score (nSPS) is 11.0. The van der Waals surface area contributed by atoms with Crippen molar-refractivity contribution in [3.8, 4) is 0 Å². The third kappa shape index (κ3) is 1.47. The van der Waals surface area contributed by atoms with Gasteiger partial charge in [-0.15, -0.1) is 0 Å². The van der Waals surface area contributed by atoms with Crippen LogP contribution < -0.4 is 10.3 Å². The summed E-state index contributed by atoms with van der Waals surface area (Å²) in [6.07, 6.45) is 0. The molecule has 1 aromatic heterocycles. The van der Waals surface area contributed by atoms with E-state index in [2.05, 4.69) is 19.1 Å². The van der Waals surface area contributed by atoms with Crippen molar-refractivity contribution < 1.29 is 9.67 Å². The highest BCUT2D eigenvalue weighted by Gasteiger charge is 2.13. The minimum absolute atomic E-state index is 0.120. The van der Waals surface area contributed by atoms with Crippen LogP contribution in [0.3, 0.4) is 0 Å². The lowest BCUT2D eigenvalue weighted by Crippen LogP contribution is -2.36. The summed E-state index contributed by atoms with van der Waals surface area (Å²) in [5.41, 5.74) is 8.20. The number of nitrogen functional groups attached to an aromatic ring is 1. The fraction of sp³-hybridized carbons (Fsp3) is 0.300. The van der Waals surface area contributed by atoms with E-state index in [0.717, 1.165) is 10.6 Å². The molecule has 0 bridgehead atoms. The van der Waals surface area contributed by atoms with Gasteiger partial charge >= 0.3 is 5.13 Å². The lowest BCUT2D eigenvalue weighted by atomic mass is 10.2. The van der Waals surface area contributed by atoms with Crippen LogP contribution in [-0.4, -0.2) is 11.7 Å². The van der Waals surface area contributed by atoms with Crippen LogP contribution in [0.2, 0.25) is 0 Å². The lowest BCUT2D eigenvalue weighted by molar-refractivity contribution is -0.654. The third-order valence-corrected chi connectivity index (χ3v) is 3.19. The SMILES string of the molecule is Cc1ccc2c(c1)sc(N)[n+]2CCO. The third-order valence-electron chi connectivity index (χ3n) is 2.21. The summed E-state index contributed by atoms with van der Waals surface area (Å²) in [6.45, 7) is 2.75. The van der Waals surface area contributed by atoms with E-state index in [4.69, 9.17) is 10.8 Å². The van der Waals surface area contributed by atoms with Crippen LogP contribution in [0.15, 0.2) is 18.2 Å². The number of nitrogens with two attached hydrogens (primary N) is 1. The highest BCUT2D eigenvalue weighted by Crippen LogP contribution is 2.22. The van der Waals surface area contributed by atoms with Crippen molar-refractivity contribution in [2.24, 2.45) is 0 Å². The molecule has 0 fully saturated rings. The summed E-state index contributed by atoms with van der Waals surface area (Å²) in [7, 11) is 0. The van der Waals surface area contributed by atoms with Crippen LogP contribution in [0, 0.1) is 6.92 Å². The van der Waals surface area contributed by atoms with Gasteiger partial charge in [-0.05, 0) is 36.0 Å². The molecule has 0 aliphatic rings. The van der Waals surface area contributed by atoms with Gasteiger partial charge in [0.05, 0.1) is 11.3 Å². The summed E-state index contributed by atoms with van der Waals surface area (Å²) in [6, 6.07) is 6.22. The van der Waals surface area contributed by atoms with Gasteiger partial charge < -0.3 is 5.11 Å². The second-order valence-electron chi connectivity index (χ2n) is 3.29. The molecule has 74 valence electrons. The maximum absolute atomic E-state index is 8.90. The Morgan fingerprint density at radius 3 is 3.00 bits per heavy atom. The van der Waals surface area contributed by atoms with Gasteiger partial charge in [-0.2, -0.15) is 0 Å². The molecule has 0 aliphatic heterocycles. The molecule has 3 nitrogen and oxygen atoms in total. The molecule has 0 aliphatic carbocycles. The van der Waals surface area contributed by atoms with Crippen molar-refractivity contribution in [1.29, 1.82) is 0 Å². The largest absolute Gasteiger partial charge is 0.392 e. The second kappa shape index (κ2) is 3.55. The number of anilines is 1. The van der Waals surface area contributed by atoms with Gasteiger partial charge in [0.1, 0.15) is 12.1 Å². The molecule has 0 atom stereocenters. The van der Waals surface area contributed by atoms with E-state index < -0.39 is 0 Å². The minimum Gasteiger partial charge on any atom is -0.392 e. The molecule has 0 saturated heterocycles. The topological polar surface area (TPSA) is 50.1 Å². The van der Waals surface area contributed by atoms with Crippen LogP contribution in [-0.2, 0) is 6.54 Å². The molecule has 14 heavy (non-hydrogen) atoms. The first kappa shape index (κ1) is 9.43. The van der Waals surface area contributed by atoms with Gasteiger partial charge in [0.15, 0.2) is 0 Å². The molecule has 1 heterocycles. The predicted molar refractivity (Wildman–Crippen MR) is 58.3 cm³/mol. The van der Waals surface area contributed by atoms with Gasteiger partial charge in [-0.25, -0.2) is 4.57 Å². The average Bonchev–Trinajstić information content (AvgIpc) is 2.43. The Balaban J connectivity index is 2.64. The Hall–Kier alpha value is -1.13. The standard InChI is InChI=1S/C10H12N2OS/c1-7-2-3-8-9(6-7)14-10(11)12(8)4-5-13/h2-3,6,11,13H,4-5H2,1H3/p+1. The molecule has 2 rings (SSSR count). The van der Waals surface area contributed by atoms with Crippen LogP contribution >= 0.6 is 11.3 Å². The predicted octanol–water partition coefficient (Wildman–Crippen LogP) is 1.07. The number of aromatic nitrogens is 1. The number of fused-ring (bicyclic) bond motifs is 1. The molecule has 4 heteroatoms. The first-order valence-electron chi connectivity index (χ1n) is 4.51. The monoisotopic (exact) mass is 209 g/mol. The van der Waals surface area contributed by atoms with Crippen LogP contribution in [0.1, 0.15) is 5.56 Å². The minimum atomic E-state index is 0.120. The molecule has 0 radical (unpaired) electrons. The number of aryl methyl sites for hydroxylation is 1. The zero-order valence-corrected chi connectivity index (χ0v) is 8.84. The molecule has 3 N–H and O–H groups in total. The molecule has 1 aromatic carbocycles. The zero-order chi connectivity index (χ0) is 10.1. The van der Waals surface area contributed by atoms with E-state index in [9.17, 15) is 0 Å². The number of nitrogens with zero attached hydrogens (tertiary/aromatic N) is 1. The number of thiazole rings is 1. The summed E-state index contributed by atoms with van der Waals surface area (Å²) in [4.78, 5) is 0. The fourth-order valence-electron chi connectivity index (χ4n) is 1.54. The Morgan fingerprint density at radius 1 is 1.50 bits per heavy atom. The Morgan fingerprint density at radius 2 is 2.29 bits per heavy atom. The van der Waals surface area contributed by atoms with E-state index in [-0.39, 0.29) is 6.61 Å². The van der Waals surface area contributed by atoms with E-state index in [1.165, 1.54) is 10.3 Å². The van der Waals surface area contributed by atoms with Gasteiger partial charge in [0.2, 0.25) is 0 Å². The highest BCUT2D eigenvalue weighted by atomic mass is 32.1. The summed E-state index contributed by atoms with van der Waals surface area (Å²) < 4.78 is 3.12. The highest BCUT2D eigenvalue weighted by molar-refractivity contribution is 7.21. The van der Waals surface area contributed by atoms with Crippen molar-refractivity contribution in [3.05, 3.63) is 23.8 Å². The molecule has 2 aromatic rings. The molecular formula is C10H13N2OS+. The van der Waals surface area contributed by atoms with Crippen LogP contribution in [0.25, 0.3) is 10.2 Å². The average molecular weight is 209 g/mol. The van der Waals surface area contributed by atoms with Crippen molar-refractivity contribution >= 4 is 26.7 Å². The number of benzene rings is 1. The van der Waals surface area contributed by atoms with Crippen LogP contribution in [0.5, 0.6) is 0 Å². The fourth-order valence-corrected chi connectivity index (χ4v) is 2.60. The lowest BCUT2D eigenvalue weighted by Gasteiger charge is -1.96. The number of hydrogen-bond donors (Lipinski definition) is 2. The summed E-state index contributed by atoms with van der Waals surface area (Å²) in [5, 5.41) is 9.65. The zero-order valence-electron chi connectivity index (χ0n) is 8.03. The molecule has 0 saturated carbocycles. The van der Waals surface area contributed by atoms with Crippen molar-refractivity contribution in [1.82, 2.24) is 0 Å². The molecule has 0 amide bonds.